The largest absolute Gasteiger partial charge is 0.310 e. The normalized spacial score (nSPS) is 11.4. The van der Waals surface area contributed by atoms with Gasteiger partial charge < -0.3 is 4.90 Å². The molecule has 304 valence electrons. The minimum Gasteiger partial charge on any atom is -0.310 e. The number of hydrogen-bond donors (Lipinski definition) is 0. The van der Waals surface area contributed by atoms with E-state index < -0.39 is 0 Å². The van der Waals surface area contributed by atoms with Gasteiger partial charge in [0, 0.05) is 17.1 Å². The van der Waals surface area contributed by atoms with Crippen molar-refractivity contribution in [3.05, 3.63) is 261 Å². The fraction of sp³-hybridized carbons (Fsp3) is 0. The summed E-state index contributed by atoms with van der Waals surface area (Å²) in [5, 5.41) is 9.81. The van der Waals surface area contributed by atoms with Gasteiger partial charge in [-0.3, -0.25) is 0 Å². The van der Waals surface area contributed by atoms with E-state index in [1.54, 1.807) is 0 Å². The predicted octanol–water partition coefficient (Wildman–Crippen LogP) is 18.1. The summed E-state index contributed by atoms with van der Waals surface area (Å²) in [5.74, 6) is 0. The van der Waals surface area contributed by atoms with Crippen molar-refractivity contribution in [2.24, 2.45) is 0 Å². The van der Waals surface area contributed by atoms with E-state index in [1.165, 1.54) is 76.5 Å². The Kier molecular flexibility index (Phi) is 9.58. The van der Waals surface area contributed by atoms with Gasteiger partial charge in [-0.15, -0.1) is 0 Å². The van der Waals surface area contributed by atoms with E-state index in [0.717, 1.165) is 39.3 Å². The fourth-order valence-corrected chi connectivity index (χ4v) is 9.50. The fourth-order valence-electron chi connectivity index (χ4n) is 9.50. The number of nitrogens with zero attached hydrogens (tertiary/aromatic N) is 1. The summed E-state index contributed by atoms with van der Waals surface area (Å²) in [4.78, 5) is 2.46. The molecule has 0 unspecified atom stereocenters. The standard InChI is InChI=1S/C64H43N/c1-2-12-44(13-3-1)49-30-32-62(33-31-49)65(63-40-58(54-26-22-45-14-4-8-18-50(45)34-54)38-59(41-63)55-27-23-46-15-5-9-19-51(46)35-55)64-42-60(56-28-24-47-16-6-10-20-52(47)36-56)39-61(43-64)57-29-25-48-17-7-11-21-53(48)37-57/h1-43H. The molecule has 0 heterocycles. The third-order valence-corrected chi connectivity index (χ3v) is 12.9. The summed E-state index contributed by atoms with van der Waals surface area (Å²) in [7, 11) is 0. The van der Waals surface area contributed by atoms with Gasteiger partial charge in [0.15, 0.2) is 0 Å². The molecule has 0 aliphatic carbocycles. The van der Waals surface area contributed by atoms with E-state index in [-0.39, 0.29) is 0 Å². The summed E-state index contributed by atoms with van der Waals surface area (Å²) in [6, 6.07) is 95.8. The highest BCUT2D eigenvalue weighted by Crippen LogP contribution is 2.44. The molecule has 0 saturated carbocycles. The van der Waals surface area contributed by atoms with Crippen LogP contribution in [0.25, 0.3) is 98.7 Å². The molecule has 0 N–H and O–H groups in total. The van der Waals surface area contributed by atoms with Gasteiger partial charge in [0.05, 0.1) is 0 Å². The highest BCUT2D eigenvalue weighted by molar-refractivity contribution is 5.96. The maximum atomic E-state index is 2.46. The first-order chi connectivity index (χ1) is 32.1. The highest BCUT2D eigenvalue weighted by Gasteiger charge is 2.19. The molecule has 1 nitrogen and oxygen atoms in total. The van der Waals surface area contributed by atoms with Crippen LogP contribution in [-0.2, 0) is 0 Å². The van der Waals surface area contributed by atoms with Crippen LogP contribution in [0.3, 0.4) is 0 Å². The Bertz CT molecular complexity index is 3310. The van der Waals surface area contributed by atoms with Gasteiger partial charge in [-0.05, 0) is 172 Å². The molecule has 12 rings (SSSR count). The molecule has 0 atom stereocenters. The molecule has 65 heavy (non-hydrogen) atoms. The topological polar surface area (TPSA) is 3.24 Å². The van der Waals surface area contributed by atoms with Crippen molar-refractivity contribution >= 4 is 60.2 Å². The van der Waals surface area contributed by atoms with Gasteiger partial charge in [-0.25, -0.2) is 0 Å². The predicted molar refractivity (Wildman–Crippen MR) is 278 cm³/mol. The monoisotopic (exact) mass is 825 g/mol. The Labute approximate surface area is 379 Å². The van der Waals surface area contributed by atoms with E-state index in [4.69, 9.17) is 0 Å². The van der Waals surface area contributed by atoms with Crippen LogP contribution >= 0.6 is 0 Å². The molecule has 0 saturated heterocycles. The molecule has 1 heteroatoms. The first kappa shape index (κ1) is 38.2. The van der Waals surface area contributed by atoms with Crippen molar-refractivity contribution in [2.75, 3.05) is 4.90 Å². The van der Waals surface area contributed by atoms with Crippen LogP contribution in [0, 0.1) is 0 Å². The Morgan fingerprint density at radius 3 is 0.769 bits per heavy atom. The maximum absolute atomic E-state index is 2.46. The number of benzene rings is 12. The molecule has 0 aliphatic rings. The summed E-state index contributed by atoms with van der Waals surface area (Å²) >= 11 is 0. The number of hydrogen-bond acceptors (Lipinski definition) is 1. The van der Waals surface area contributed by atoms with Crippen LogP contribution in [0.4, 0.5) is 17.1 Å². The zero-order valence-corrected chi connectivity index (χ0v) is 35.8. The van der Waals surface area contributed by atoms with Crippen LogP contribution < -0.4 is 4.90 Å². The number of rotatable bonds is 8. The molecule has 0 amide bonds. The van der Waals surface area contributed by atoms with E-state index in [9.17, 15) is 0 Å². The lowest BCUT2D eigenvalue weighted by atomic mass is 9.93. The lowest BCUT2D eigenvalue weighted by molar-refractivity contribution is 1.28. The van der Waals surface area contributed by atoms with E-state index >= 15 is 0 Å². The number of fused-ring (bicyclic) bond motifs is 4. The van der Waals surface area contributed by atoms with Crippen molar-refractivity contribution in [1.29, 1.82) is 0 Å². The molecule has 0 fully saturated rings. The van der Waals surface area contributed by atoms with Crippen molar-refractivity contribution in [3.8, 4) is 55.6 Å². The molecule has 12 aromatic rings. The van der Waals surface area contributed by atoms with Crippen molar-refractivity contribution < 1.29 is 0 Å². The third-order valence-electron chi connectivity index (χ3n) is 12.9. The Morgan fingerprint density at radius 2 is 0.431 bits per heavy atom. The Balaban J connectivity index is 1.12. The van der Waals surface area contributed by atoms with E-state index in [2.05, 4.69) is 266 Å². The molecule has 0 aromatic heterocycles. The van der Waals surface area contributed by atoms with E-state index in [0.29, 0.717) is 0 Å². The van der Waals surface area contributed by atoms with Crippen LogP contribution in [0.15, 0.2) is 261 Å². The smallest absolute Gasteiger partial charge is 0.0473 e. The lowest BCUT2D eigenvalue weighted by Gasteiger charge is -2.28. The molecule has 0 spiro atoms. The van der Waals surface area contributed by atoms with Crippen molar-refractivity contribution in [3.63, 3.8) is 0 Å². The SMILES string of the molecule is c1ccc(-c2ccc(N(c3cc(-c4ccc5ccccc5c4)cc(-c4ccc5ccccc5c4)c3)c3cc(-c4ccc5ccccc5c4)cc(-c4ccc5ccccc5c4)c3)cc2)cc1. The molecule has 0 aliphatic heterocycles. The average molecular weight is 826 g/mol. The second-order valence-electron chi connectivity index (χ2n) is 17.0. The van der Waals surface area contributed by atoms with Gasteiger partial charge in [0.25, 0.3) is 0 Å². The summed E-state index contributed by atoms with van der Waals surface area (Å²) < 4.78 is 0. The maximum Gasteiger partial charge on any atom is 0.0473 e. The third kappa shape index (κ3) is 7.50. The van der Waals surface area contributed by atoms with E-state index in [1.807, 2.05) is 0 Å². The molecule has 0 bridgehead atoms. The second-order valence-corrected chi connectivity index (χ2v) is 17.0. The molecule has 0 radical (unpaired) electrons. The first-order valence-electron chi connectivity index (χ1n) is 22.4. The van der Waals surface area contributed by atoms with Gasteiger partial charge in [-0.1, -0.05) is 188 Å². The van der Waals surface area contributed by atoms with Crippen LogP contribution in [0.1, 0.15) is 0 Å². The second kappa shape index (κ2) is 16.3. The molecule has 12 aromatic carbocycles. The minimum absolute atomic E-state index is 1.07. The highest BCUT2D eigenvalue weighted by atomic mass is 15.1. The summed E-state index contributed by atoms with van der Waals surface area (Å²) in [6.07, 6.45) is 0. The first-order valence-corrected chi connectivity index (χ1v) is 22.4. The van der Waals surface area contributed by atoms with Gasteiger partial charge >= 0.3 is 0 Å². The van der Waals surface area contributed by atoms with Crippen molar-refractivity contribution in [2.45, 2.75) is 0 Å². The van der Waals surface area contributed by atoms with Gasteiger partial charge in [-0.2, -0.15) is 0 Å². The Hall–Kier alpha value is -8.52. The summed E-state index contributed by atoms with van der Waals surface area (Å²) in [5.41, 5.74) is 14.9. The average Bonchev–Trinajstić information content (AvgIpc) is 3.38. The van der Waals surface area contributed by atoms with Crippen LogP contribution in [0.2, 0.25) is 0 Å². The van der Waals surface area contributed by atoms with Crippen LogP contribution in [0.5, 0.6) is 0 Å². The summed E-state index contributed by atoms with van der Waals surface area (Å²) in [6.45, 7) is 0. The quantitative estimate of drug-likeness (QED) is 0.148. The Morgan fingerprint density at radius 1 is 0.154 bits per heavy atom. The van der Waals surface area contributed by atoms with Crippen LogP contribution in [-0.4, -0.2) is 0 Å². The minimum atomic E-state index is 1.07. The van der Waals surface area contributed by atoms with Gasteiger partial charge in [0.2, 0.25) is 0 Å². The number of anilines is 3. The van der Waals surface area contributed by atoms with Crippen molar-refractivity contribution in [1.82, 2.24) is 0 Å². The lowest BCUT2D eigenvalue weighted by Crippen LogP contribution is -2.11. The zero-order chi connectivity index (χ0) is 43.1. The molecular formula is C64H43N. The zero-order valence-electron chi connectivity index (χ0n) is 35.8. The molecular weight excluding hydrogens is 783 g/mol. The van der Waals surface area contributed by atoms with Gasteiger partial charge in [0.1, 0.15) is 0 Å².